The van der Waals surface area contributed by atoms with E-state index in [4.69, 9.17) is 12.6 Å². The number of hydrogen-bond acceptors (Lipinski definition) is 9. The first-order valence-corrected chi connectivity index (χ1v) is 8.08. The van der Waals surface area contributed by atoms with Gasteiger partial charge in [0.25, 0.3) is 0 Å². The Morgan fingerprint density at radius 1 is 1.04 bits per heavy atom. The van der Waals surface area contributed by atoms with Crippen molar-refractivity contribution in [2.45, 2.75) is 30.8 Å². The normalized spacial score (nSPS) is 9.43. The van der Waals surface area contributed by atoms with Crippen LogP contribution in [0.4, 0.5) is 5.69 Å². The fourth-order valence-corrected chi connectivity index (χ4v) is 2.54. The minimum absolute atomic E-state index is 0. The fraction of sp³-hybridized carbons (Fsp3) is 0.400. The second kappa shape index (κ2) is 16.0. The third-order valence-electron chi connectivity index (χ3n) is 3.50. The van der Waals surface area contributed by atoms with Gasteiger partial charge in [-0.1, -0.05) is 6.07 Å². The van der Waals surface area contributed by atoms with Crippen molar-refractivity contribution < 1.29 is 108 Å². The van der Waals surface area contributed by atoms with E-state index < -0.39 is 11.9 Å². The zero-order valence-corrected chi connectivity index (χ0v) is 23.1. The minimum Gasteiger partial charge on any atom is -0.738 e. The molecular weight excluding hydrogens is 415 g/mol. The summed E-state index contributed by atoms with van der Waals surface area (Å²) in [5, 5.41) is 32.4. The first kappa shape index (κ1) is 30.4. The molecule has 0 amide bonds. The standard InChI is InChI=1S/C15H19N5O4S.3Na/c21-13(22)6-2-8-19(9-3-7-14(23)24)11-4-1-5-12(10-11)20-15(25)16-17-18-20;;;/h1,4-5,10H,2-3,6-9H2,(H,21,22)(H,23,24)(H,16,18,25);;;/q;3*+1/p-3. The van der Waals surface area contributed by atoms with E-state index in [1.807, 2.05) is 17.0 Å². The maximum Gasteiger partial charge on any atom is 1.00 e. The number of aromatic nitrogens is 4. The largest absolute Gasteiger partial charge is 1.00 e. The number of tetrazole rings is 1. The number of rotatable bonds is 10. The first-order valence-electron chi connectivity index (χ1n) is 7.68. The summed E-state index contributed by atoms with van der Waals surface area (Å²) < 4.78 is 1.40. The van der Waals surface area contributed by atoms with Crippen LogP contribution in [0.2, 0.25) is 0 Å². The van der Waals surface area contributed by atoms with E-state index in [0.29, 0.717) is 31.6 Å². The van der Waals surface area contributed by atoms with Crippen LogP contribution in [0.15, 0.2) is 29.4 Å². The molecule has 9 nitrogen and oxygen atoms in total. The van der Waals surface area contributed by atoms with Crippen LogP contribution in [-0.4, -0.2) is 45.2 Å². The molecule has 0 aliphatic rings. The van der Waals surface area contributed by atoms with E-state index in [2.05, 4.69) is 15.5 Å². The molecule has 2 rings (SSSR count). The van der Waals surface area contributed by atoms with E-state index in [1.165, 1.54) is 4.68 Å². The molecular formula is C15H16N5Na3O4S. The van der Waals surface area contributed by atoms with Crippen LogP contribution >= 0.6 is 0 Å². The number of anilines is 1. The van der Waals surface area contributed by atoms with Gasteiger partial charge in [0.05, 0.1) is 5.69 Å². The molecule has 0 saturated carbocycles. The van der Waals surface area contributed by atoms with Crippen LogP contribution in [0.1, 0.15) is 25.7 Å². The summed E-state index contributed by atoms with van der Waals surface area (Å²) in [5.74, 6) is -2.24. The monoisotopic (exact) mass is 431 g/mol. The molecule has 0 atom stereocenters. The maximum absolute atomic E-state index is 10.6. The number of carbonyl (C=O) groups excluding carboxylic acids is 2. The third-order valence-corrected chi connectivity index (χ3v) is 3.75. The molecule has 28 heavy (non-hydrogen) atoms. The Kier molecular flexibility index (Phi) is 17.4. The molecule has 0 aliphatic carbocycles. The number of aliphatic carboxylic acids is 2. The van der Waals surface area contributed by atoms with Crippen molar-refractivity contribution in [3.05, 3.63) is 24.3 Å². The summed E-state index contributed by atoms with van der Waals surface area (Å²) >= 11 is 5.04. The SMILES string of the molecule is O=C([O-])CCCN(CCCC(=O)[O-])c1cccc(-n2nnnc2[S-])c1.[Na+].[Na+].[Na+]. The molecule has 0 spiro atoms. The van der Waals surface area contributed by atoms with Gasteiger partial charge in [-0.2, -0.15) is 0 Å². The zero-order valence-electron chi connectivity index (χ0n) is 16.3. The molecule has 134 valence electrons. The number of carboxylic acid groups (broad SMARTS) is 2. The van der Waals surface area contributed by atoms with Crippen molar-refractivity contribution in [3.8, 4) is 5.69 Å². The minimum atomic E-state index is -1.12. The molecule has 0 saturated heterocycles. The number of carboxylic acids is 2. The number of nitrogens with zero attached hydrogens (tertiary/aromatic N) is 5. The molecule has 13 heteroatoms. The van der Waals surface area contributed by atoms with Crippen molar-refractivity contribution in [2.75, 3.05) is 18.0 Å². The van der Waals surface area contributed by atoms with Gasteiger partial charge in [0, 0.05) is 35.9 Å². The summed E-state index contributed by atoms with van der Waals surface area (Å²) in [7, 11) is 0. The van der Waals surface area contributed by atoms with Gasteiger partial charge in [-0.05, 0) is 54.3 Å². The van der Waals surface area contributed by atoms with E-state index in [-0.39, 0.29) is 107 Å². The Morgan fingerprint density at radius 3 is 2.07 bits per heavy atom. The van der Waals surface area contributed by atoms with Gasteiger partial charge in [0.15, 0.2) is 0 Å². The quantitative estimate of drug-likeness (QED) is 0.266. The fourth-order valence-electron chi connectivity index (χ4n) is 2.36. The van der Waals surface area contributed by atoms with Crippen molar-refractivity contribution in [2.24, 2.45) is 0 Å². The summed E-state index contributed by atoms with van der Waals surface area (Å²) in [6.07, 6.45) is 0.629. The third kappa shape index (κ3) is 10.3. The first-order chi connectivity index (χ1) is 12.0. The predicted molar refractivity (Wildman–Crippen MR) is 85.5 cm³/mol. The molecule has 0 radical (unpaired) electrons. The topological polar surface area (TPSA) is 127 Å². The molecule has 1 heterocycles. The van der Waals surface area contributed by atoms with E-state index in [1.54, 1.807) is 12.1 Å². The molecule has 1 aromatic carbocycles. The van der Waals surface area contributed by atoms with Crippen molar-refractivity contribution in [3.63, 3.8) is 0 Å². The van der Waals surface area contributed by atoms with Crippen molar-refractivity contribution >= 4 is 30.3 Å². The van der Waals surface area contributed by atoms with Gasteiger partial charge in [0.1, 0.15) is 0 Å². The van der Waals surface area contributed by atoms with Gasteiger partial charge in [-0.3, -0.25) is 0 Å². The Hall–Kier alpha value is 0.250. The van der Waals surface area contributed by atoms with Gasteiger partial charge in [0.2, 0.25) is 0 Å². The Bertz CT molecular complexity index is 730. The van der Waals surface area contributed by atoms with E-state index >= 15 is 0 Å². The Balaban J connectivity index is 0. The number of carbonyl (C=O) groups is 2. The Labute approximate surface area is 234 Å². The molecule has 2 aromatic rings. The summed E-state index contributed by atoms with van der Waals surface area (Å²) in [5.41, 5.74) is 1.45. The maximum atomic E-state index is 10.6. The molecule has 0 fully saturated rings. The smallest absolute Gasteiger partial charge is 0.738 e. The number of hydrogen-bond donors (Lipinski definition) is 0. The second-order valence-corrected chi connectivity index (χ2v) is 5.70. The van der Waals surface area contributed by atoms with Crippen LogP contribution in [0, 0.1) is 0 Å². The zero-order chi connectivity index (χ0) is 18.2. The molecule has 1 aromatic heterocycles. The van der Waals surface area contributed by atoms with Crippen LogP contribution in [0.25, 0.3) is 5.69 Å². The molecule has 0 bridgehead atoms. The van der Waals surface area contributed by atoms with E-state index in [0.717, 1.165) is 5.69 Å². The average molecular weight is 431 g/mol. The van der Waals surface area contributed by atoms with Crippen molar-refractivity contribution in [1.82, 2.24) is 20.2 Å². The molecule has 0 aliphatic heterocycles. The van der Waals surface area contributed by atoms with Crippen LogP contribution in [0.3, 0.4) is 0 Å². The van der Waals surface area contributed by atoms with Crippen LogP contribution < -0.4 is 104 Å². The van der Waals surface area contributed by atoms with Crippen LogP contribution in [-0.2, 0) is 22.2 Å². The predicted octanol–water partition coefficient (Wildman–Crippen LogP) is -10.6. The van der Waals surface area contributed by atoms with E-state index in [9.17, 15) is 19.8 Å². The summed E-state index contributed by atoms with van der Waals surface area (Å²) in [6.45, 7) is 0.891. The second-order valence-electron chi connectivity index (χ2n) is 5.33. The summed E-state index contributed by atoms with van der Waals surface area (Å²) in [6, 6.07) is 7.24. The summed E-state index contributed by atoms with van der Waals surface area (Å²) in [4.78, 5) is 23.1. The molecule has 0 N–H and O–H groups in total. The van der Waals surface area contributed by atoms with Crippen LogP contribution in [0.5, 0.6) is 0 Å². The van der Waals surface area contributed by atoms with Crippen molar-refractivity contribution in [1.29, 1.82) is 0 Å². The number of benzene rings is 1. The van der Waals surface area contributed by atoms with Gasteiger partial charge < -0.3 is 37.3 Å². The van der Waals surface area contributed by atoms with Gasteiger partial charge in [-0.25, -0.2) is 4.68 Å². The molecule has 0 unspecified atom stereocenters. The average Bonchev–Trinajstić information content (AvgIpc) is 2.99. The Morgan fingerprint density at radius 2 is 1.61 bits per heavy atom. The van der Waals surface area contributed by atoms with Gasteiger partial charge in [-0.15, -0.1) is 5.10 Å². The van der Waals surface area contributed by atoms with Gasteiger partial charge >= 0.3 is 88.7 Å².